The van der Waals surface area contributed by atoms with Gasteiger partial charge in [-0.3, -0.25) is 9.69 Å². The first-order valence-electron chi connectivity index (χ1n) is 10.7. The molecule has 1 aromatic carbocycles. The largest absolute Gasteiger partial charge is 0.444 e. The number of nitrogens with zero attached hydrogens (tertiary/aromatic N) is 3. The van der Waals surface area contributed by atoms with Crippen molar-refractivity contribution in [3.63, 3.8) is 0 Å². The van der Waals surface area contributed by atoms with Gasteiger partial charge in [0.15, 0.2) is 0 Å². The number of piperidine rings is 1. The normalized spacial score (nSPS) is 23.9. The summed E-state index contributed by atoms with van der Waals surface area (Å²) in [5.74, 6) is -0.998. The van der Waals surface area contributed by atoms with Crippen molar-refractivity contribution in [3.05, 3.63) is 24.0 Å². The number of carbonyl (C=O) groups is 2. The predicted octanol–water partition coefficient (Wildman–Crippen LogP) is 2.30. The molecule has 1 aliphatic carbocycles. The van der Waals surface area contributed by atoms with Crippen molar-refractivity contribution in [2.75, 3.05) is 29.4 Å². The van der Waals surface area contributed by atoms with Crippen molar-refractivity contribution in [2.24, 2.45) is 17.6 Å². The number of nitriles is 1. The van der Waals surface area contributed by atoms with E-state index in [1.54, 1.807) is 12.1 Å². The molecule has 2 heterocycles. The molecule has 2 amide bonds. The van der Waals surface area contributed by atoms with Crippen molar-refractivity contribution in [2.45, 2.75) is 50.2 Å². The molecular formula is C22H27FN4O4. The minimum absolute atomic E-state index is 0.119. The third-order valence-corrected chi connectivity index (χ3v) is 6.61. The van der Waals surface area contributed by atoms with Crippen molar-refractivity contribution in [3.8, 4) is 6.07 Å². The van der Waals surface area contributed by atoms with Crippen LogP contribution in [-0.4, -0.2) is 48.4 Å². The lowest BCUT2D eigenvalue weighted by Gasteiger charge is -2.41. The van der Waals surface area contributed by atoms with Gasteiger partial charge in [-0.05, 0) is 56.2 Å². The van der Waals surface area contributed by atoms with Gasteiger partial charge in [-0.25, -0.2) is 9.18 Å². The maximum atomic E-state index is 14.9. The quantitative estimate of drug-likeness (QED) is 0.685. The maximum Gasteiger partial charge on any atom is 0.414 e. The molecule has 0 radical (unpaired) electrons. The van der Waals surface area contributed by atoms with E-state index in [1.807, 2.05) is 4.90 Å². The second-order valence-electron chi connectivity index (χ2n) is 8.79. The standard InChI is InChI=1S/C22H27FN4O4/c23-18-11-15(27-13-16(31-21(27)29)4-6-20(25)28)3-5-19(18)26-9-7-22(30,8-10-26)17(12-24)14-1-2-14/h3,5,11,14,16-17,30H,1-2,4,6-10,13H2,(H2,25,28). The topological polar surface area (TPSA) is 120 Å². The zero-order valence-electron chi connectivity index (χ0n) is 17.3. The van der Waals surface area contributed by atoms with Crippen LogP contribution in [0, 0.1) is 29.0 Å². The van der Waals surface area contributed by atoms with Crippen LogP contribution in [0.1, 0.15) is 38.5 Å². The van der Waals surface area contributed by atoms with Crippen LogP contribution in [0.3, 0.4) is 0 Å². The minimum Gasteiger partial charge on any atom is -0.444 e. The molecule has 31 heavy (non-hydrogen) atoms. The fourth-order valence-corrected chi connectivity index (χ4v) is 4.65. The average Bonchev–Trinajstić information content (AvgIpc) is 3.49. The third-order valence-electron chi connectivity index (χ3n) is 6.61. The highest BCUT2D eigenvalue weighted by molar-refractivity contribution is 5.90. The van der Waals surface area contributed by atoms with Gasteiger partial charge in [0.25, 0.3) is 0 Å². The van der Waals surface area contributed by atoms with Gasteiger partial charge in [0.1, 0.15) is 11.9 Å². The summed E-state index contributed by atoms with van der Waals surface area (Å²) in [5.41, 5.74) is 4.92. The second kappa shape index (κ2) is 8.35. The number of cyclic esters (lactones) is 1. The molecule has 8 nitrogen and oxygen atoms in total. The zero-order chi connectivity index (χ0) is 22.2. The molecule has 3 aliphatic rings. The van der Waals surface area contributed by atoms with Gasteiger partial charge in [0, 0.05) is 19.5 Å². The lowest BCUT2D eigenvalue weighted by Crippen LogP contribution is -2.49. The van der Waals surface area contributed by atoms with Gasteiger partial charge in [0.05, 0.1) is 35.5 Å². The van der Waals surface area contributed by atoms with E-state index >= 15 is 0 Å². The van der Waals surface area contributed by atoms with Gasteiger partial charge < -0.3 is 20.5 Å². The van der Waals surface area contributed by atoms with Crippen molar-refractivity contribution in [1.82, 2.24) is 0 Å². The van der Waals surface area contributed by atoms with Crippen LogP contribution >= 0.6 is 0 Å². The minimum atomic E-state index is -1.01. The molecule has 3 fully saturated rings. The van der Waals surface area contributed by atoms with E-state index in [4.69, 9.17) is 10.5 Å². The van der Waals surface area contributed by atoms with Crippen LogP contribution in [0.2, 0.25) is 0 Å². The molecular weight excluding hydrogens is 403 g/mol. The summed E-state index contributed by atoms with van der Waals surface area (Å²) in [4.78, 5) is 26.3. The first-order chi connectivity index (χ1) is 14.8. The van der Waals surface area contributed by atoms with Gasteiger partial charge in [-0.1, -0.05) is 0 Å². The SMILES string of the molecule is N#CC(C1CC1)C1(O)CCN(c2ccc(N3CC(CCC(N)=O)OC3=O)cc2F)CC1. The Morgan fingerprint density at radius 2 is 2.10 bits per heavy atom. The van der Waals surface area contributed by atoms with Crippen molar-refractivity contribution >= 4 is 23.4 Å². The van der Waals surface area contributed by atoms with Gasteiger partial charge >= 0.3 is 6.09 Å². The number of hydrogen-bond acceptors (Lipinski definition) is 6. The smallest absolute Gasteiger partial charge is 0.414 e. The van der Waals surface area contributed by atoms with E-state index in [1.165, 1.54) is 11.0 Å². The fraction of sp³-hybridized carbons (Fsp3) is 0.591. The van der Waals surface area contributed by atoms with Gasteiger partial charge in [-0.2, -0.15) is 5.26 Å². The molecule has 166 valence electrons. The Labute approximate surface area is 180 Å². The summed E-state index contributed by atoms with van der Waals surface area (Å²) in [6.07, 6.45) is 2.24. The van der Waals surface area contributed by atoms with Crippen LogP contribution in [-0.2, 0) is 9.53 Å². The summed E-state index contributed by atoms with van der Waals surface area (Å²) < 4.78 is 20.2. The zero-order valence-corrected chi connectivity index (χ0v) is 17.3. The third kappa shape index (κ3) is 4.44. The highest BCUT2D eigenvalue weighted by Crippen LogP contribution is 2.45. The highest BCUT2D eigenvalue weighted by atomic mass is 19.1. The molecule has 4 rings (SSSR count). The summed E-state index contributed by atoms with van der Waals surface area (Å²) in [7, 11) is 0. The molecule has 9 heteroatoms. The number of benzene rings is 1. The molecule has 3 N–H and O–H groups in total. The number of ether oxygens (including phenoxy) is 1. The lowest BCUT2D eigenvalue weighted by atomic mass is 9.77. The number of amides is 2. The summed E-state index contributed by atoms with van der Waals surface area (Å²) in [6.45, 7) is 1.15. The number of rotatable bonds is 7. The summed E-state index contributed by atoms with van der Waals surface area (Å²) in [6, 6.07) is 6.88. The molecule has 2 aliphatic heterocycles. The van der Waals surface area contributed by atoms with Crippen molar-refractivity contribution < 1.29 is 23.8 Å². The Morgan fingerprint density at radius 1 is 1.39 bits per heavy atom. The highest BCUT2D eigenvalue weighted by Gasteiger charge is 2.47. The Bertz CT molecular complexity index is 905. The first-order valence-corrected chi connectivity index (χ1v) is 10.7. The molecule has 2 saturated heterocycles. The Morgan fingerprint density at radius 3 is 2.68 bits per heavy atom. The molecule has 1 saturated carbocycles. The average molecular weight is 430 g/mol. The fourth-order valence-electron chi connectivity index (χ4n) is 4.65. The van der Waals surface area contributed by atoms with Crippen LogP contribution in [0.25, 0.3) is 0 Å². The van der Waals surface area contributed by atoms with E-state index in [2.05, 4.69) is 6.07 Å². The number of hydrogen-bond donors (Lipinski definition) is 2. The van der Waals surface area contributed by atoms with Gasteiger partial charge in [0.2, 0.25) is 5.91 Å². The van der Waals surface area contributed by atoms with Crippen molar-refractivity contribution in [1.29, 1.82) is 5.26 Å². The molecule has 2 unspecified atom stereocenters. The number of primary amides is 1. The maximum absolute atomic E-state index is 14.9. The molecule has 2 atom stereocenters. The van der Waals surface area contributed by atoms with E-state index < -0.39 is 29.5 Å². The Hall–Kier alpha value is -2.86. The Balaban J connectivity index is 1.40. The van der Waals surface area contributed by atoms with Crippen LogP contribution in [0.15, 0.2) is 18.2 Å². The monoisotopic (exact) mass is 430 g/mol. The van der Waals surface area contributed by atoms with Gasteiger partial charge in [-0.15, -0.1) is 0 Å². The molecule has 0 aromatic heterocycles. The van der Waals surface area contributed by atoms with Crippen LogP contribution in [0.5, 0.6) is 0 Å². The van der Waals surface area contributed by atoms with E-state index in [0.717, 1.165) is 12.8 Å². The predicted molar refractivity (Wildman–Crippen MR) is 111 cm³/mol. The number of halogens is 1. The lowest BCUT2D eigenvalue weighted by molar-refractivity contribution is -0.118. The number of anilines is 2. The van der Waals surface area contributed by atoms with Crippen LogP contribution < -0.4 is 15.5 Å². The molecule has 0 spiro atoms. The first kappa shape index (κ1) is 21.4. The van der Waals surface area contributed by atoms with E-state index in [-0.39, 0.29) is 24.8 Å². The summed E-state index contributed by atoms with van der Waals surface area (Å²) >= 11 is 0. The van der Waals surface area contributed by atoms with E-state index in [9.17, 15) is 24.3 Å². The van der Waals surface area contributed by atoms with Crippen LogP contribution in [0.4, 0.5) is 20.6 Å². The van der Waals surface area contributed by atoms with E-state index in [0.29, 0.717) is 43.7 Å². The second-order valence-corrected chi connectivity index (χ2v) is 8.79. The number of carbonyl (C=O) groups excluding carboxylic acids is 2. The molecule has 0 bridgehead atoms. The number of aliphatic hydroxyl groups is 1. The Kier molecular flexibility index (Phi) is 5.75. The number of nitrogens with two attached hydrogens (primary N) is 1. The summed E-state index contributed by atoms with van der Waals surface area (Å²) in [5, 5.41) is 20.4. The molecule has 1 aromatic rings.